The zero-order valence-electron chi connectivity index (χ0n) is 11.2. The maximum absolute atomic E-state index is 11.2. The third-order valence-electron chi connectivity index (χ3n) is 2.65. The maximum atomic E-state index is 11.2. The van der Waals surface area contributed by atoms with Gasteiger partial charge in [0.2, 0.25) is 10.0 Å². The van der Waals surface area contributed by atoms with E-state index in [4.69, 9.17) is 0 Å². The Morgan fingerprint density at radius 3 is 2.50 bits per heavy atom. The molecule has 0 aliphatic carbocycles. The third-order valence-corrected chi connectivity index (χ3v) is 4.06. The topological polar surface area (TPSA) is 88.9 Å². The van der Waals surface area contributed by atoms with Crippen LogP contribution in [0.3, 0.4) is 0 Å². The third kappa shape index (κ3) is 4.04. The van der Waals surface area contributed by atoms with Gasteiger partial charge in [-0.1, -0.05) is 0 Å². The fraction of sp³-hybridized carbons (Fsp3) is 0.333. The molecule has 0 unspecified atom stereocenters. The number of hydrogen-bond donors (Lipinski definition) is 2. The fourth-order valence-electron chi connectivity index (χ4n) is 1.54. The van der Waals surface area contributed by atoms with Gasteiger partial charge < -0.3 is 9.88 Å². The summed E-state index contributed by atoms with van der Waals surface area (Å²) in [5.74, 6) is 1.42. The molecule has 0 fully saturated rings. The van der Waals surface area contributed by atoms with Crippen molar-refractivity contribution in [3.63, 3.8) is 0 Å². The molecule has 0 radical (unpaired) electrons. The Hall–Kier alpha value is -1.93. The van der Waals surface area contributed by atoms with Crippen LogP contribution in [0.15, 0.2) is 36.7 Å². The first-order valence-electron chi connectivity index (χ1n) is 6.29. The molecule has 2 rings (SSSR count). The molecule has 20 heavy (non-hydrogen) atoms. The van der Waals surface area contributed by atoms with Crippen LogP contribution in [0, 0.1) is 0 Å². The summed E-state index contributed by atoms with van der Waals surface area (Å²) in [5, 5.41) is 11.1. The molecular weight excluding hydrogens is 278 g/mol. The first-order valence-corrected chi connectivity index (χ1v) is 7.94. The lowest BCUT2D eigenvalue weighted by molar-refractivity contribution is 0.584. The highest BCUT2D eigenvalue weighted by atomic mass is 32.2. The monoisotopic (exact) mass is 295 g/mol. The van der Waals surface area contributed by atoms with Crippen molar-refractivity contribution in [2.24, 2.45) is 0 Å². The van der Waals surface area contributed by atoms with E-state index < -0.39 is 10.0 Å². The van der Waals surface area contributed by atoms with Gasteiger partial charge in [0.1, 0.15) is 5.82 Å². The number of aromatic nitrogens is 3. The van der Waals surface area contributed by atoms with Crippen molar-refractivity contribution in [2.45, 2.75) is 6.92 Å². The lowest BCUT2D eigenvalue weighted by Crippen LogP contribution is -2.30. The molecule has 0 atom stereocenters. The SMILES string of the molecule is CCS(=O)(=O)NCCNc1ccc(-n2cccc2)nn1. The van der Waals surface area contributed by atoms with Crippen LogP contribution in [0.4, 0.5) is 5.82 Å². The van der Waals surface area contributed by atoms with E-state index in [9.17, 15) is 8.42 Å². The van der Waals surface area contributed by atoms with Gasteiger partial charge >= 0.3 is 0 Å². The molecule has 0 aromatic carbocycles. The van der Waals surface area contributed by atoms with Crippen LogP contribution in [-0.2, 0) is 10.0 Å². The van der Waals surface area contributed by atoms with Crippen LogP contribution in [0.5, 0.6) is 0 Å². The number of nitrogens with zero attached hydrogens (tertiary/aromatic N) is 3. The molecule has 7 nitrogen and oxygen atoms in total. The molecule has 0 saturated heterocycles. The van der Waals surface area contributed by atoms with Crippen LogP contribution in [0.1, 0.15) is 6.92 Å². The Labute approximate surface area is 118 Å². The number of rotatable bonds is 7. The van der Waals surface area contributed by atoms with Gasteiger partial charge in [-0.25, -0.2) is 13.1 Å². The molecule has 0 saturated carbocycles. The van der Waals surface area contributed by atoms with Gasteiger partial charge in [0, 0.05) is 25.5 Å². The number of nitrogens with one attached hydrogen (secondary N) is 2. The number of anilines is 1. The second-order valence-corrected chi connectivity index (χ2v) is 6.19. The second-order valence-electron chi connectivity index (χ2n) is 4.09. The molecule has 0 spiro atoms. The summed E-state index contributed by atoms with van der Waals surface area (Å²) in [6, 6.07) is 7.46. The van der Waals surface area contributed by atoms with E-state index >= 15 is 0 Å². The molecule has 2 aromatic heterocycles. The average Bonchev–Trinajstić information content (AvgIpc) is 2.98. The summed E-state index contributed by atoms with van der Waals surface area (Å²) in [7, 11) is -3.14. The quantitative estimate of drug-likeness (QED) is 0.731. The van der Waals surface area contributed by atoms with Crippen molar-refractivity contribution in [3.8, 4) is 5.82 Å². The zero-order chi connectivity index (χ0) is 14.4. The standard InChI is InChI=1S/C12H17N5O2S/c1-2-20(18,19)14-8-7-13-11-5-6-12(16-15-11)17-9-3-4-10-17/h3-6,9-10,14H,2,7-8H2,1H3,(H,13,15). The first-order chi connectivity index (χ1) is 9.61. The van der Waals surface area contributed by atoms with E-state index in [1.807, 2.05) is 35.2 Å². The lowest BCUT2D eigenvalue weighted by atomic mass is 10.5. The highest BCUT2D eigenvalue weighted by molar-refractivity contribution is 7.89. The van der Waals surface area contributed by atoms with Gasteiger partial charge in [-0.05, 0) is 31.2 Å². The van der Waals surface area contributed by atoms with Crippen LogP contribution in [-0.4, -0.2) is 42.0 Å². The summed E-state index contributed by atoms with van der Waals surface area (Å²) in [6.07, 6.45) is 3.77. The Balaban J connectivity index is 1.83. The van der Waals surface area contributed by atoms with Crippen molar-refractivity contribution >= 4 is 15.8 Å². The van der Waals surface area contributed by atoms with Crippen molar-refractivity contribution in [1.29, 1.82) is 0 Å². The van der Waals surface area contributed by atoms with Crippen LogP contribution in [0.25, 0.3) is 5.82 Å². The molecule has 0 bridgehead atoms. The van der Waals surface area contributed by atoms with Gasteiger partial charge in [-0.3, -0.25) is 0 Å². The second kappa shape index (κ2) is 6.49. The molecule has 0 aliphatic rings. The van der Waals surface area contributed by atoms with E-state index in [1.165, 1.54) is 0 Å². The van der Waals surface area contributed by atoms with Crippen LogP contribution in [0.2, 0.25) is 0 Å². The van der Waals surface area contributed by atoms with E-state index in [1.54, 1.807) is 13.0 Å². The minimum Gasteiger partial charge on any atom is -0.367 e. The van der Waals surface area contributed by atoms with Gasteiger partial charge in [0.15, 0.2) is 5.82 Å². The lowest BCUT2D eigenvalue weighted by Gasteiger charge is -2.07. The molecule has 0 amide bonds. The van der Waals surface area contributed by atoms with Crippen molar-refractivity contribution in [2.75, 3.05) is 24.2 Å². The Morgan fingerprint density at radius 1 is 1.15 bits per heavy atom. The van der Waals surface area contributed by atoms with E-state index in [2.05, 4.69) is 20.2 Å². The highest BCUT2D eigenvalue weighted by Gasteiger charge is 2.04. The van der Waals surface area contributed by atoms with Gasteiger partial charge in [0.25, 0.3) is 0 Å². The predicted molar refractivity (Wildman–Crippen MR) is 77.3 cm³/mol. The fourth-order valence-corrected chi connectivity index (χ4v) is 2.16. The molecule has 108 valence electrons. The van der Waals surface area contributed by atoms with E-state index in [-0.39, 0.29) is 5.75 Å². The largest absolute Gasteiger partial charge is 0.367 e. The first kappa shape index (κ1) is 14.5. The summed E-state index contributed by atoms with van der Waals surface area (Å²) >= 11 is 0. The predicted octanol–water partition coefficient (Wildman–Crippen LogP) is 0.618. The maximum Gasteiger partial charge on any atom is 0.211 e. The van der Waals surface area contributed by atoms with E-state index in [0.29, 0.717) is 18.9 Å². The van der Waals surface area contributed by atoms with Crippen LogP contribution >= 0.6 is 0 Å². The molecule has 0 aliphatic heterocycles. The average molecular weight is 295 g/mol. The Bertz CT molecular complexity index is 622. The minimum absolute atomic E-state index is 0.0817. The summed E-state index contributed by atoms with van der Waals surface area (Å²) in [6.45, 7) is 2.37. The van der Waals surface area contributed by atoms with Crippen molar-refractivity contribution in [1.82, 2.24) is 19.5 Å². The minimum atomic E-state index is -3.14. The number of hydrogen-bond acceptors (Lipinski definition) is 5. The molecule has 8 heteroatoms. The molecular formula is C12H17N5O2S. The molecule has 2 heterocycles. The summed E-state index contributed by atoms with van der Waals surface area (Å²) in [5.41, 5.74) is 0. The summed E-state index contributed by atoms with van der Waals surface area (Å²) < 4.78 is 26.8. The van der Waals surface area contributed by atoms with Gasteiger partial charge in [-0.2, -0.15) is 0 Å². The summed E-state index contributed by atoms with van der Waals surface area (Å²) in [4.78, 5) is 0. The van der Waals surface area contributed by atoms with Crippen molar-refractivity contribution in [3.05, 3.63) is 36.7 Å². The van der Waals surface area contributed by atoms with Gasteiger partial charge in [0.05, 0.1) is 5.75 Å². The molecule has 2 aromatic rings. The van der Waals surface area contributed by atoms with Crippen LogP contribution < -0.4 is 10.0 Å². The smallest absolute Gasteiger partial charge is 0.211 e. The highest BCUT2D eigenvalue weighted by Crippen LogP contribution is 2.06. The Kier molecular flexibility index (Phi) is 4.70. The Morgan fingerprint density at radius 2 is 1.90 bits per heavy atom. The zero-order valence-corrected chi connectivity index (χ0v) is 12.0. The molecule has 2 N–H and O–H groups in total. The van der Waals surface area contributed by atoms with E-state index in [0.717, 1.165) is 5.82 Å². The normalized spacial score (nSPS) is 11.4. The van der Waals surface area contributed by atoms with Crippen molar-refractivity contribution < 1.29 is 8.42 Å². The number of sulfonamides is 1. The van der Waals surface area contributed by atoms with Gasteiger partial charge in [-0.15, -0.1) is 10.2 Å².